The first-order valence-electron chi connectivity index (χ1n) is 13.3. The van der Waals surface area contributed by atoms with Gasteiger partial charge < -0.3 is 19.4 Å². The van der Waals surface area contributed by atoms with Gasteiger partial charge in [-0.15, -0.1) is 0 Å². The summed E-state index contributed by atoms with van der Waals surface area (Å²) in [5.41, 5.74) is 1.40. The zero-order valence-electron chi connectivity index (χ0n) is 20.1. The van der Waals surface area contributed by atoms with Crippen molar-refractivity contribution in [3.63, 3.8) is 0 Å². The molecule has 32 heavy (non-hydrogen) atoms. The average Bonchev–Trinajstić information content (AvgIpc) is 3.22. The van der Waals surface area contributed by atoms with Crippen LogP contribution in [-0.2, 0) is 0 Å². The number of likely N-dealkylation sites (tertiary alicyclic amines) is 1. The van der Waals surface area contributed by atoms with Gasteiger partial charge in [-0.1, -0.05) is 44.4 Å². The molecule has 178 valence electrons. The van der Waals surface area contributed by atoms with E-state index in [1.165, 1.54) is 70.0 Å². The summed E-state index contributed by atoms with van der Waals surface area (Å²) in [7, 11) is 0. The summed E-state index contributed by atoms with van der Waals surface area (Å²) in [5, 5.41) is 0. The Hall–Kier alpha value is -1.75. The molecule has 2 aliphatic heterocycles. The number of hydrogen-bond acceptors (Lipinski definition) is 3. The highest BCUT2D eigenvalue weighted by molar-refractivity contribution is 5.76. The Kier molecular flexibility index (Phi) is 8.72. The monoisotopic (exact) mass is 441 g/mol. The molecule has 1 aromatic carbocycles. The number of amides is 2. The third-order valence-electron chi connectivity index (χ3n) is 7.70. The molecule has 3 fully saturated rings. The van der Waals surface area contributed by atoms with Crippen LogP contribution in [0, 0.1) is 0 Å². The van der Waals surface area contributed by atoms with Crippen LogP contribution >= 0.6 is 0 Å². The molecule has 0 unspecified atom stereocenters. The summed E-state index contributed by atoms with van der Waals surface area (Å²) in [6.07, 6.45) is 12.2. The highest BCUT2D eigenvalue weighted by atomic mass is 16.5. The Morgan fingerprint density at radius 3 is 2.44 bits per heavy atom. The molecule has 5 nitrogen and oxygen atoms in total. The van der Waals surface area contributed by atoms with E-state index in [0.717, 1.165) is 51.4 Å². The van der Waals surface area contributed by atoms with Gasteiger partial charge >= 0.3 is 6.03 Å². The number of para-hydroxylation sites is 1. The van der Waals surface area contributed by atoms with E-state index in [-0.39, 0.29) is 0 Å². The zero-order chi connectivity index (χ0) is 22.2. The molecule has 1 saturated carbocycles. The van der Waals surface area contributed by atoms with Crippen LogP contribution in [0.1, 0.15) is 82.6 Å². The molecule has 0 radical (unpaired) electrons. The molecule has 2 heterocycles. The lowest BCUT2D eigenvalue weighted by Crippen LogP contribution is -2.40. The van der Waals surface area contributed by atoms with E-state index in [0.29, 0.717) is 18.0 Å². The standard InChI is InChI=1S/C27H43N3O2/c1-2-22-32-26-13-7-6-12-25(26)23-14-18-28(19-15-23)16-8-9-17-29-20-21-30(27(29)31)24-10-4-3-5-11-24/h6-7,12-13,23-24H,2-5,8-11,14-22H2,1H3. The van der Waals surface area contributed by atoms with E-state index in [9.17, 15) is 4.79 Å². The smallest absolute Gasteiger partial charge is 0.320 e. The third kappa shape index (κ3) is 5.98. The van der Waals surface area contributed by atoms with Gasteiger partial charge in [0.1, 0.15) is 5.75 Å². The van der Waals surface area contributed by atoms with Crippen molar-refractivity contribution in [3.05, 3.63) is 29.8 Å². The van der Waals surface area contributed by atoms with E-state index in [1.807, 2.05) is 0 Å². The number of piperidine rings is 1. The second kappa shape index (κ2) is 11.9. The van der Waals surface area contributed by atoms with Crippen molar-refractivity contribution in [1.82, 2.24) is 14.7 Å². The van der Waals surface area contributed by atoms with E-state index >= 15 is 0 Å². The molecule has 0 spiro atoms. The lowest BCUT2D eigenvalue weighted by molar-refractivity contribution is 0.162. The zero-order valence-corrected chi connectivity index (χ0v) is 20.1. The Labute approximate surface area is 195 Å². The second-order valence-corrected chi connectivity index (χ2v) is 9.96. The lowest BCUT2D eigenvalue weighted by Gasteiger charge is -2.33. The van der Waals surface area contributed by atoms with Crippen molar-refractivity contribution in [3.8, 4) is 5.75 Å². The average molecular weight is 442 g/mol. The van der Waals surface area contributed by atoms with Crippen LogP contribution in [0.25, 0.3) is 0 Å². The minimum atomic E-state index is 0.307. The van der Waals surface area contributed by atoms with Gasteiger partial charge in [-0.25, -0.2) is 4.79 Å². The Morgan fingerprint density at radius 1 is 0.906 bits per heavy atom. The Balaban J connectivity index is 1.14. The molecule has 2 saturated heterocycles. The third-order valence-corrected chi connectivity index (χ3v) is 7.70. The number of nitrogens with zero attached hydrogens (tertiary/aromatic N) is 3. The first-order chi connectivity index (χ1) is 15.8. The predicted molar refractivity (Wildman–Crippen MR) is 130 cm³/mol. The summed E-state index contributed by atoms with van der Waals surface area (Å²) >= 11 is 0. The van der Waals surface area contributed by atoms with Crippen LogP contribution in [0.15, 0.2) is 24.3 Å². The van der Waals surface area contributed by atoms with Crippen molar-refractivity contribution >= 4 is 6.03 Å². The van der Waals surface area contributed by atoms with Crippen molar-refractivity contribution in [2.24, 2.45) is 0 Å². The van der Waals surface area contributed by atoms with Gasteiger partial charge in [-0.2, -0.15) is 0 Å². The maximum Gasteiger partial charge on any atom is 0.320 e. The number of hydrogen-bond donors (Lipinski definition) is 0. The van der Waals surface area contributed by atoms with Gasteiger partial charge in [-0.3, -0.25) is 0 Å². The SMILES string of the molecule is CCCOc1ccccc1C1CCN(CCCCN2CCN(C3CCCCC3)C2=O)CC1. The molecule has 0 aromatic heterocycles. The molecular weight excluding hydrogens is 398 g/mol. The molecule has 4 rings (SSSR count). The number of unbranched alkanes of at least 4 members (excludes halogenated alkanes) is 1. The highest BCUT2D eigenvalue weighted by Gasteiger charge is 2.33. The number of carbonyl (C=O) groups is 1. The molecule has 1 aromatic rings. The number of benzene rings is 1. The molecule has 0 bridgehead atoms. The molecule has 1 aliphatic carbocycles. The summed E-state index contributed by atoms with van der Waals surface area (Å²) in [6, 6.07) is 9.45. The molecule has 0 atom stereocenters. The maximum absolute atomic E-state index is 12.8. The van der Waals surface area contributed by atoms with Crippen molar-refractivity contribution < 1.29 is 9.53 Å². The molecule has 0 N–H and O–H groups in total. The molecular formula is C27H43N3O2. The number of ether oxygens (including phenoxy) is 1. The van der Waals surface area contributed by atoms with Crippen LogP contribution in [0.5, 0.6) is 5.75 Å². The Bertz CT molecular complexity index is 711. The minimum Gasteiger partial charge on any atom is -0.493 e. The van der Waals surface area contributed by atoms with Crippen molar-refractivity contribution in [2.45, 2.75) is 83.1 Å². The first-order valence-corrected chi connectivity index (χ1v) is 13.3. The minimum absolute atomic E-state index is 0.307. The molecule has 5 heteroatoms. The van der Waals surface area contributed by atoms with E-state index in [1.54, 1.807) is 0 Å². The van der Waals surface area contributed by atoms with Crippen molar-refractivity contribution in [1.29, 1.82) is 0 Å². The largest absolute Gasteiger partial charge is 0.493 e. The molecule has 3 aliphatic rings. The summed E-state index contributed by atoms with van der Waals surface area (Å²) < 4.78 is 6.00. The van der Waals surface area contributed by atoms with Gasteiger partial charge in [0.05, 0.1) is 6.61 Å². The number of rotatable bonds is 10. The summed E-state index contributed by atoms with van der Waals surface area (Å²) in [4.78, 5) is 19.7. The fraction of sp³-hybridized carbons (Fsp3) is 0.741. The number of carbonyl (C=O) groups excluding carboxylic acids is 1. The second-order valence-electron chi connectivity index (χ2n) is 9.96. The van der Waals surface area contributed by atoms with Crippen LogP contribution < -0.4 is 4.74 Å². The topological polar surface area (TPSA) is 36.0 Å². The number of urea groups is 1. The van der Waals surface area contributed by atoms with Gasteiger partial charge in [0.25, 0.3) is 0 Å². The fourth-order valence-corrected chi connectivity index (χ4v) is 5.81. The van der Waals surface area contributed by atoms with Crippen LogP contribution in [0.4, 0.5) is 4.79 Å². The van der Waals surface area contributed by atoms with E-state index < -0.39 is 0 Å². The Morgan fingerprint density at radius 2 is 1.66 bits per heavy atom. The predicted octanol–water partition coefficient (Wildman–Crippen LogP) is 5.51. The fourth-order valence-electron chi connectivity index (χ4n) is 5.81. The molecule has 2 amide bonds. The maximum atomic E-state index is 12.8. The van der Waals surface area contributed by atoms with Crippen LogP contribution in [0.3, 0.4) is 0 Å². The lowest BCUT2D eigenvalue weighted by atomic mass is 9.88. The van der Waals surface area contributed by atoms with Gasteiger partial charge in [0.2, 0.25) is 0 Å². The van der Waals surface area contributed by atoms with E-state index in [4.69, 9.17) is 4.74 Å². The first kappa shape index (κ1) is 23.4. The van der Waals surface area contributed by atoms with Gasteiger partial charge in [-0.05, 0) is 82.1 Å². The highest BCUT2D eigenvalue weighted by Crippen LogP contribution is 2.34. The van der Waals surface area contributed by atoms with Crippen LogP contribution in [0.2, 0.25) is 0 Å². The van der Waals surface area contributed by atoms with Crippen LogP contribution in [-0.4, -0.2) is 72.6 Å². The quantitative estimate of drug-likeness (QED) is 0.450. The van der Waals surface area contributed by atoms with Crippen molar-refractivity contribution in [2.75, 3.05) is 45.9 Å². The summed E-state index contributed by atoms with van der Waals surface area (Å²) in [5.74, 6) is 1.71. The normalized spacial score (nSPS) is 21.5. The van der Waals surface area contributed by atoms with E-state index in [2.05, 4.69) is 45.9 Å². The summed E-state index contributed by atoms with van der Waals surface area (Å²) in [6.45, 7) is 9.27. The van der Waals surface area contributed by atoms with Gasteiger partial charge in [0.15, 0.2) is 0 Å². The van der Waals surface area contributed by atoms with Gasteiger partial charge in [0, 0.05) is 25.7 Å².